The highest BCUT2D eigenvalue weighted by Crippen LogP contribution is 2.23. The monoisotopic (exact) mass is 290 g/mol. The maximum Gasteiger partial charge on any atom is 0.264 e. The van der Waals surface area contributed by atoms with Gasteiger partial charge in [-0.3, -0.25) is 0 Å². The van der Waals surface area contributed by atoms with Crippen molar-refractivity contribution < 1.29 is 18.4 Å². The predicted molar refractivity (Wildman–Crippen MR) is 75.7 cm³/mol. The molecule has 2 rings (SSSR count). The molecule has 0 N–H and O–H groups in total. The van der Waals surface area contributed by atoms with Crippen LogP contribution in [0, 0.1) is 0 Å². The first kappa shape index (κ1) is 15.0. The standard InChI is InChI=1S/C16H14F2NO2/c1-20-14-7-4-5-12(9-14)10-19-21-11-13-6-2-3-8-15(13)16(17)18/h2-9,16H,11H2,1H3. The van der Waals surface area contributed by atoms with Crippen molar-refractivity contribution in [2.24, 2.45) is 5.16 Å². The van der Waals surface area contributed by atoms with Gasteiger partial charge in [0, 0.05) is 16.7 Å². The van der Waals surface area contributed by atoms with Crippen molar-refractivity contribution >= 4 is 6.21 Å². The summed E-state index contributed by atoms with van der Waals surface area (Å²) in [5, 5.41) is 3.66. The molecule has 21 heavy (non-hydrogen) atoms. The number of ether oxygens (including phenoxy) is 1. The minimum atomic E-state index is -2.53. The quantitative estimate of drug-likeness (QED) is 0.593. The second kappa shape index (κ2) is 7.38. The number of rotatable bonds is 6. The first-order valence-electron chi connectivity index (χ1n) is 6.28. The Bertz CT molecular complexity index is 615. The molecule has 2 aromatic carbocycles. The van der Waals surface area contributed by atoms with Crippen molar-refractivity contribution in [2.75, 3.05) is 7.11 Å². The van der Waals surface area contributed by atoms with Crippen LogP contribution in [0.3, 0.4) is 0 Å². The van der Waals surface area contributed by atoms with E-state index in [1.807, 2.05) is 0 Å². The molecule has 5 heteroatoms. The van der Waals surface area contributed by atoms with Gasteiger partial charge in [0.05, 0.1) is 7.11 Å². The summed E-state index contributed by atoms with van der Waals surface area (Å²) in [5.41, 5.74) is 1.04. The average Bonchev–Trinajstić information content (AvgIpc) is 2.52. The molecule has 0 amide bonds. The van der Waals surface area contributed by atoms with E-state index in [-0.39, 0.29) is 12.2 Å². The predicted octanol–water partition coefficient (Wildman–Crippen LogP) is 4.06. The van der Waals surface area contributed by atoms with Crippen LogP contribution in [0.2, 0.25) is 0 Å². The van der Waals surface area contributed by atoms with Crippen LogP contribution in [-0.2, 0) is 11.4 Å². The van der Waals surface area contributed by atoms with Gasteiger partial charge in [0.1, 0.15) is 18.6 Å². The molecule has 0 saturated carbocycles. The Morgan fingerprint density at radius 2 is 1.95 bits per heavy atom. The lowest BCUT2D eigenvalue weighted by atomic mass is 10.1. The number of halogens is 2. The lowest BCUT2D eigenvalue weighted by Crippen LogP contribution is -1.96. The molecule has 0 aliphatic carbocycles. The topological polar surface area (TPSA) is 30.8 Å². The number of benzene rings is 2. The van der Waals surface area contributed by atoms with Crippen molar-refractivity contribution in [1.82, 2.24) is 0 Å². The Kier molecular flexibility index (Phi) is 5.26. The van der Waals surface area contributed by atoms with Crippen molar-refractivity contribution in [3.05, 3.63) is 65.2 Å². The molecule has 0 unspecified atom stereocenters. The van der Waals surface area contributed by atoms with Gasteiger partial charge >= 0.3 is 0 Å². The molecule has 0 aliphatic rings. The lowest BCUT2D eigenvalue weighted by Gasteiger charge is -2.06. The summed E-state index contributed by atoms with van der Waals surface area (Å²) in [4.78, 5) is 5.03. The van der Waals surface area contributed by atoms with Crippen LogP contribution in [-0.4, -0.2) is 13.3 Å². The fourth-order valence-corrected chi connectivity index (χ4v) is 1.76. The molecule has 2 aromatic rings. The molecule has 0 heterocycles. The van der Waals surface area contributed by atoms with Crippen molar-refractivity contribution in [2.45, 2.75) is 13.0 Å². The molecule has 0 fully saturated rings. The molecule has 109 valence electrons. The van der Waals surface area contributed by atoms with E-state index in [2.05, 4.69) is 11.4 Å². The Balaban J connectivity index is 1.96. The normalized spacial score (nSPS) is 11.0. The van der Waals surface area contributed by atoms with Crippen LogP contribution >= 0.6 is 0 Å². The molecule has 0 atom stereocenters. The molecule has 1 radical (unpaired) electrons. The van der Waals surface area contributed by atoms with Gasteiger partial charge in [0.15, 0.2) is 0 Å². The van der Waals surface area contributed by atoms with Crippen molar-refractivity contribution in [3.63, 3.8) is 0 Å². The molecule has 0 saturated heterocycles. The SMILES string of the molecule is COc1cccc(/[C]=N\OCc2ccccc2C(F)F)c1. The summed E-state index contributed by atoms with van der Waals surface area (Å²) in [7, 11) is 1.56. The van der Waals surface area contributed by atoms with E-state index >= 15 is 0 Å². The van der Waals surface area contributed by atoms with E-state index in [1.165, 1.54) is 6.07 Å². The summed E-state index contributed by atoms with van der Waals surface area (Å²) in [6.45, 7) is -0.0303. The fraction of sp³-hybridized carbons (Fsp3) is 0.188. The largest absolute Gasteiger partial charge is 0.497 e. The Hall–Kier alpha value is -2.43. The summed E-state index contributed by atoms with van der Waals surface area (Å²) >= 11 is 0. The number of hydrogen-bond donors (Lipinski definition) is 0. The second-order valence-electron chi connectivity index (χ2n) is 4.21. The van der Waals surface area contributed by atoms with Gasteiger partial charge in [-0.15, -0.1) is 0 Å². The summed E-state index contributed by atoms with van der Waals surface area (Å²) in [6, 6.07) is 13.3. The summed E-state index contributed by atoms with van der Waals surface area (Å²) < 4.78 is 30.6. The van der Waals surface area contributed by atoms with Crippen LogP contribution in [0.1, 0.15) is 23.1 Å². The molecular formula is C16H14F2NO2. The van der Waals surface area contributed by atoms with Crippen molar-refractivity contribution in [3.8, 4) is 5.75 Å². The zero-order chi connectivity index (χ0) is 15.1. The third-order valence-corrected chi connectivity index (χ3v) is 2.82. The van der Waals surface area contributed by atoms with E-state index in [0.717, 1.165) is 0 Å². The molecule has 0 bridgehead atoms. The Labute approximate surface area is 121 Å². The van der Waals surface area contributed by atoms with E-state index in [1.54, 1.807) is 49.6 Å². The average molecular weight is 290 g/mol. The van der Waals surface area contributed by atoms with Crippen LogP contribution in [0.5, 0.6) is 5.75 Å². The highest BCUT2D eigenvalue weighted by Gasteiger charge is 2.11. The Morgan fingerprint density at radius 1 is 1.14 bits per heavy atom. The van der Waals surface area contributed by atoms with Crippen LogP contribution in [0.4, 0.5) is 8.78 Å². The van der Waals surface area contributed by atoms with Gasteiger partial charge in [0.25, 0.3) is 6.43 Å². The highest BCUT2D eigenvalue weighted by molar-refractivity contribution is 5.79. The molecular weight excluding hydrogens is 276 g/mol. The zero-order valence-corrected chi connectivity index (χ0v) is 11.4. The van der Waals surface area contributed by atoms with Crippen LogP contribution in [0.15, 0.2) is 53.7 Å². The number of methoxy groups -OCH3 is 1. The maximum atomic E-state index is 12.8. The highest BCUT2D eigenvalue weighted by atomic mass is 19.3. The van der Waals surface area contributed by atoms with E-state index < -0.39 is 6.43 Å². The van der Waals surface area contributed by atoms with Crippen LogP contribution in [0.25, 0.3) is 0 Å². The van der Waals surface area contributed by atoms with Gasteiger partial charge in [-0.2, -0.15) is 0 Å². The number of nitrogens with zero attached hydrogens (tertiary/aromatic N) is 1. The lowest BCUT2D eigenvalue weighted by molar-refractivity contribution is 0.120. The van der Waals surface area contributed by atoms with Gasteiger partial charge in [-0.25, -0.2) is 8.78 Å². The maximum absolute atomic E-state index is 12.8. The summed E-state index contributed by atoms with van der Waals surface area (Å²) in [5.74, 6) is 0.679. The van der Waals surface area contributed by atoms with E-state index in [9.17, 15) is 8.78 Å². The first-order chi connectivity index (χ1) is 10.2. The first-order valence-corrected chi connectivity index (χ1v) is 6.28. The molecule has 0 aromatic heterocycles. The van der Waals surface area contributed by atoms with Gasteiger partial charge in [0.2, 0.25) is 0 Å². The summed E-state index contributed by atoms with van der Waals surface area (Å²) in [6.07, 6.45) is 0.142. The minimum absolute atomic E-state index is 0.0303. The Morgan fingerprint density at radius 3 is 2.71 bits per heavy atom. The fourth-order valence-electron chi connectivity index (χ4n) is 1.76. The van der Waals surface area contributed by atoms with Gasteiger partial charge in [-0.05, 0) is 12.1 Å². The number of hydrogen-bond acceptors (Lipinski definition) is 3. The minimum Gasteiger partial charge on any atom is -0.497 e. The zero-order valence-electron chi connectivity index (χ0n) is 11.4. The third kappa shape index (κ3) is 4.27. The third-order valence-electron chi connectivity index (χ3n) is 2.82. The van der Waals surface area contributed by atoms with E-state index in [0.29, 0.717) is 16.9 Å². The van der Waals surface area contributed by atoms with E-state index in [4.69, 9.17) is 9.57 Å². The van der Waals surface area contributed by atoms with Gasteiger partial charge in [-0.1, -0.05) is 41.6 Å². The smallest absolute Gasteiger partial charge is 0.264 e. The molecule has 0 aliphatic heterocycles. The van der Waals surface area contributed by atoms with Crippen molar-refractivity contribution in [1.29, 1.82) is 0 Å². The molecule has 0 spiro atoms. The second-order valence-corrected chi connectivity index (χ2v) is 4.21. The molecule has 3 nitrogen and oxygen atoms in total. The number of alkyl halides is 2. The van der Waals surface area contributed by atoms with Gasteiger partial charge < -0.3 is 9.57 Å². The van der Waals surface area contributed by atoms with Crippen LogP contribution < -0.4 is 4.74 Å².